The third kappa shape index (κ3) is 4.58. The second-order valence-corrected chi connectivity index (χ2v) is 9.05. The maximum Gasteiger partial charge on any atom is 0.323 e. The molecule has 0 unspecified atom stereocenters. The molecular weight excluding hydrogens is 463 g/mol. The Morgan fingerprint density at radius 3 is 2.26 bits per heavy atom. The molecule has 8 nitrogen and oxygen atoms in total. The van der Waals surface area contributed by atoms with E-state index in [2.05, 4.69) is 20.0 Å². The van der Waals surface area contributed by atoms with Gasteiger partial charge in [0.15, 0.2) is 0 Å². The first-order chi connectivity index (χ1) is 14.7. The number of sulfonamides is 1. The Balaban J connectivity index is 1.60. The van der Waals surface area contributed by atoms with E-state index in [1.165, 1.54) is 30.3 Å². The van der Waals surface area contributed by atoms with Gasteiger partial charge in [0.25, 0.3) is 15.9 Å². The molecule has 1 aromatic heterocycles. The Labute approximate surface area is 186 Å². The maximum atomic E-state index is 12.8. The zero-order valence-electron chi connectivity index (χ0n) is 15.6. The van der Waals surface area contributed by atoms with Crippen LogP contribution in [0.4, 0.5) is 11.4 Å². The minimum Gasteiger partial charge on any atom is -0.322 e. The number of hydrogen-bond donors (Lipinski definition) is 4. The van der Waals surface area contributed by atoms with E-state index in [1.54, 1.807) is 30.3 Å². The quantitative estimate of drug-likeness (QED) is 0.344. The summed E-state index contributed by atoms with van der Waals surface area (Å²) in [5, 5.41) is 3.09. The Hall–Kier alpha value is -3.27. The molecule has 0 atom stereocenters. The van der Waals surface area contributed by atoms with Crippen LogP contribution in [-0.2, 0) is 10.0 Å². The van der Waals surface area contributed by atoms with Crippen molar-refractivity contribution in [2.45, 2.75) is 4.90 Å². The molecule has 0 saturated carbocycles. The Bertz CT molecular complexity index is 1460. The first-order valence-corrected chi connectivity index (χ1v) is 11.1. The monoisotopic (exact) mass is 476 g/mol. The van der Waals surface area contributed by atoms with Gasteiger partial charge in [0.1, 0.15) is 4.90 Å². The predicted octanol–water partition coefficient (Wildman–Crippen LogP) is 4.22. The van der Waals surface area contributed by atoms with E-state index in [9.17, 15) is 18.0 Å². The number of anilines is 2. The Morgan fingerprint density at radius 2 is 1.52 bits per heavy atom. The van der Waals surface area contributed by atoms with Gasteiger partial charge in [-0.15, -0.1) is 0 Å². The molecule has 1 heterocycles. The summed E-state index contributed by atoms with van der Waals surface area (Å²) in [6, 6.07) is 14.9. The standard InChI is InChI=1S/C20H14Cl2N4O4S/c21-12-2-4-13(5-3-12)26-31(29,30)18-9-11(1-7-15(18)22)19(27)23-14-6-8-16-17(10-14)25-20(28)24-16/h1-10,26H,(H,23,27)(H2,24,25,28). The van der Waals surface area contributed by atoms with E-state index >= 15 is 0 Å². The summed E-state index contributed by atoms with van der Waals surface area (Å²) < 4.78 is 28.0. The van der Waals surface area contributed by atoms with Gasteiger partial charge in [0.2, 0.25) is 0 Å². The van der Waals surface area contributed by atoms with E-state index in [0.717, 1.165) is 0 Å². The van der Waals surface area contributed by atoms with Crippen molar-refractivity contribution in [3.8, 4) is 0 Å². The van der Waals surface area contributed by atoms with Crippen LogP contribution < -0.4 is 15.7 Å². The van der Waals surface area contributed by atoms with Crippen LogP contribution in [0.2, 0.25) is 10.0 Å². The van der Waals surface area contributed by atoms with Crippen LogP contribution in [0.15, 0.2) is 70.4 Å². The molecule has 0 spiro atoms. The van der Waals surface area contributed by atoms with Gasteiger partial charge in [-0.05, 0) is 60.7 Å². The lowest BCUT2D eigenvalue weighted by Crippen LogP contribution is -2.16. The zero-order chi connectivity index (χ0) is 22.2. The van der Waals surface area contributed by atoms with Crippen LogP contribution >= 0.6 is 23.2 Å². The molecule has 0 saturated heterocycles. The van der Waals surface area contributed by atoms with Crippen LogP contribution in [0.3, 0.4) is 0 Å². The fourth-order valence-corrected chi connectivity index (χ4v) is 4.60. The van der Waals surface area contributed by atoms with E-state index in [0.29, 0.717) is 27.4 Å². The number of amides is 1. The van der Waals surface area contributed by atoms with Crippen LogP contribution in [-0.4, -0.2) is 24.3 Å². The number of hydrogen-bond acceptors (Lipinski definition) is 4. The molecule has 3 aromatic carbocycles. The highest BCUT2D eigenvalue weighted by molar-refractivity contribution is 7.92. The number of nitrogens with one attached hydrogen (secondary N) is 4. The summed E-state index contributed by atoms with van der Waals surface area (Å²) >= 11 is 11.9. The molecule has 0 aliphatic carbocycles. The molecule has 0 fully saturated rings. The first kappa shape index (κ1) is 21.0. The molecule has 4 aromatic rings. The predicted molar refractivity (Wildman–Crippen MR) is 121 cm³/mol. The molecule has 0 aliphatic heterocycles. The van der Waals surface area contributed by atoms with Gasteiger partial charge >= 0.3 is 5.69 Å². The highest BCUT2D eigenvalue weighted by Crippen LogP contribution is 2.26. The third-order valence-electron chi connectivity index (χ3n) is 4.35. The van der Waals surface area contributed by atoms with Gasteiger partial charge < -0.3 is 15.3 Å². The van der Waals surface area contributed by atoms with Crippen molar-refractivity contribution in [3.63, 3.8) is 0 Å². The van der Waals surface area contributed by atoms with Crippen molar-refractivity contribution >= 4 is 61.5 Å². The van der Waals surface area contributed by atoms with Gasteiger partial charge in [-0.25, -0.2) is 13.2 Å². The van der Waals surface area contributed by atoms with Gasteiger partial charge in [-0.3, -0.25) is 9.52 Å². The van der Waals surface area contributed by atoms with E-state index in [-0.39, 0.29) is 21.2 Å². The van der Waals surface area contributed by atoms with Crippen molar-refractivity contribution in [1.82, 2.24) is 9.97 Å². The fraction of sp³-hybridized carbons (Fsp3) is 0. The number of carbonyl (C=O) groups is 1. The van der Waals surface area contributed by atoms with Crippen molar-refractivity contribution in [1.29, 1.82) is 0 Å². The highest BCUT2D eigenvalue weighted by atomic mass is 35.5. The summed E-state index contributed by atoms with van der Waals surface area (Å²) in [4.78, 5) is 29.0. The van der Waals surface area contributed by atoms with Crippen molar-refractivity contribution in [2.75, 3.05) is 10.0 Å². The topological polar surface area (TPSA) is 124 Å². The number of fused-ring (bicyclic) bond motifs is 1. The third-order valence-corrected chi connectivity index (χ3v) is 6.47. The molecule has 31 heavy (non-hydrogen) atoms. The van der Waals surface area contributed by atoms with Crippen LogP contribution in [0.5, 0.6) is 0 Å². The molecular formula is C20H14Cl2N4O4S. The number of carbonyl (C=O) groups excluding carboxylic acids is 1. The summed E-state index contributed by atoms with van der Waals surface area (Å²) in [7, 11) is -4.06. The molecule has 11 heteroatoms. The van der Waals surface area contributed by atoms with Gasteiger partial charge in [-0.1, -0.05) is 23.2 Å². The van der Waals surface area contributed by atoms with Crippen molar-refractivity contribution in [3.05, 3.63) is 86.8 Å². The fourth-order valence-electron chi connectivity index (χ4n) is 2.89. The van der Waals surface area contributed by atoms with Crippen LogP contribution in [0.25, 0.3) is 11.0 Å². The molecule has 158 valence electrons. The minimum absolute atomic E-state index is 0.0377. The summed E-state index contributed by atoms with van der Waals surface area (Å²) in [6.45, 7) is 0. The molecule has 4 N–H and O–H groups in total. The second kappa shape index (κ2) is 8.10. The number of rotatable bonds is 5. The van der Waals surface area contributed by atoms with Crippen LogP contribution in [0.1, 0.15) is 10.4 Å². The number of halogens is 2. The molecule has 1 amide bonds. The van der Waals surface area contributed by atoms with Crippen molar-refractivity contribution in [2.24, 2.45) is 0 Å². The Kier molecular flexibility index (Phi) is 5.48. The van der Waals surface area contributed by atoms with E-state index < -0.39 is 15.9 Å². The van der Waals surface area contributed by atoms with Gasteiger partial charge in [0, 0.05) is 22.0 Å². The summed E-state index contributed by atoms with van der Waals surface area (Å²) in [6.07, 6.45) is 0. The van der Waals surface area contributed by atoms with Crippen LogP contribution in [0, 0.1) is 0 Å². The Morgan fingerprint density at radius 1 is 0.839 bits per heavy atom. The number of imidazole rings is 1. The molecule has 0 aliphatic rings. The lowest BCUT2D eigenvalue weighted by Gasteiger charge is -2.11. The smallest absolute Gasteiger partial charge is 0.322 e. The van der Waals surface area contributed by atoms with Crippen molar-refractivity contribution < 1.29 is 13.2 Å². The summed E-state index contributed by atoms with van der Waals surface area (Å²) in [5.41, 5.74) is 1.56. The average Bonchev–Trinajstić information content (AvgIpc) is 3.09. The lowest BCUT2D eigenvalue weighted by molar-refractivity contribution is 0.102. The molecule has 4 rings (SSSR count). The first-order valence-electron chi connectivity index (χ1n) is 8.83. The largest absolute Gasteiger partial charge is 0.323 e. The number of aromatic nitrogens is 2. The number of aromatic amines is 2. The van der Waals surface area contributed by atoms with E-state index in [4.69, 9.17) is 23.2 Å². The van der Waals surface area contributed by atoms with Gasteiger partial charge in [0.05, 0.1) is 16.1 Å². The number of benzene rings is 3. The second-order valence-electron chi connectivity index (χ2n) is 6.55. The average molecular weight is 477 g/mol. The zero-order valence-corrected chi connectivity index (χ0v) is 17.9. The normalized spacial score (nSPS) is 11.4. The summed E-state index contributed by atoms with van der Waals surface area (Å²) in [5.74, 6) is -0.545. The number of H-pyrrole nitrogens is 2. The molecule has 0 radical (unpaired) electrons. The maximum absolute atomic E-state index is 12.8. The highest BCUT2D eigenvalue weighted by Gasteiger charge is 2.21. The van der Waals surface area contributed by atoms with Gasteiger partial charge in [-0.2, -0.15) is 0 Å². The minimum atomic E-state index is -4.06. The SMILES string of the molecule is O=C(Nc1ccc2[nH]c(=O)[nH]c2c1)c1ccc(Cl)c(S(=O)(=O)Nc2ccc(Cl)cc2)c1. The molecule has 0 bridgehead atoms. The lowest BCUT2D eigenvalue weighted by atomic mass is 10.2. The van der Waals surface area contributed by atoms with E-state index in [1.807, 2.05) is 0 Å².